The van der Waals surface area contributed by atoms with Crippen molar-refractivity contribution in [3.63, 3.8) is 0 Å². The number of unbranched alkanes of at least 4 members (excludes halogenated alkanes) is 5. The van der Waals surface area contributed by atoms with Crippen LogP contribution in [0.3, 0.4) is 0 Å². The number of aliphatic hydroxyl groups is 1. The number of hydrogen-bond acceptors (Lipinski definition) is 2. The summed E-state index contributed by atoms with van der Waals surface area (Å²) >= 11 is 0. The molecule has 0 radical (unpaired) electrons. The first-order valence-corrected chi connectivity index (χ1v) is 8.38. The van der Waals surface area contributed by atoms with Crippen molar-refractivity contribution in [2.75, 3.05) is 6.54 Å². The van der Waals surface area contributed by atoms with E-state index in [1.807, 2.05) is 6.11 Å². The van der Waals surface area contributed by atoms with Crippen LogP contribution in [0.15, 0.2) is 12.2 Å². The van der Waals surface area contributed by atoms with E-state index in [9.17, 15) is 0 Å². The zero-order chi connectivity index (χ0) is 16.2. The van der Waals surface area contributed by atoms with Crippen molar-refractivity contribution in [1.82, 2.24) is 5.32 Å². The Morgan fingerprint density at radius 3 is 2.10 bits per heavy atom. The summed E-state index contributed by atoms with van der Waals surface area (Å²) in [5.74, 6) is 2.86. The molecule has 0 saturated carbocycles. The standard InChI is InChI=1S/C19H35NO/c1-6-13-19(4,5)20-16-12-10-8-7-9-11-14-18(2,3)15-17-21/h6,13,20-21H,7-12,14,16H2,1-5H3. The molecule has 0 amide bonds. The Labute approximate surface area is 132 Å². The first-order valence-electron chi connectivity index (χ1n) is 8.38. The quantitative estimate of drug-likeness (QED) is 0.318. The highest BCUT2D eigenvalue weighted by Gasteiger charge is 2.13. The molecule has 0 spiro atoms. The molecule has 0 rings (SSSR count). The van der Waals surface area contributed by atoms with Crippen molar-refractivity contribution >= 4 is 0 Å². The lowest BCUT2D eigenvalue weighted by Gasteiger charge is -2.22. The van der Waals surface area contributed by atoms with Gasteiger partial charge in [-0.2, -0.15) is 0 Å². The van der Waals surface area contributed by atoms with Gasteiger partial charge in [-0.15, -0.1) is 0 Å². The lowest BCUT2D eigenvalue weighted by molar-refractivity contribution is 0.414. The van der Waals surface area contributed by atoms with Crippen molar-refractivity contribution in [2.45, 2.75) is 85.1 Å². The molecule has 0 aromatic rings. The summed E-state index contributed by atoms with van der Waals surface area (Å²) in [6, 6.07) is 0. The van der Waals surface area contributed by atoms with Crippen LogP contribution in [-0.2, 0) is 0 Å². The van der Waals surface area contributed by atoms with Crippen molar-refractivity contribution in [3.05, 3.63) is 12.2 Å². The van der Waals surface area contributed by atoms with Gasteiger partial charge < -0.3 is 10.4 Å². The normalized spacial score (nSPS) is 12.4. The van der Waals surface area contributed by atoms with E-state index in [1.54, 1.807) is 0 Å². The predicted molar refractivity (Wildman–Crippen MR) is 92.7 cm³/mol. The van der Waals surface area contributed by atoms with Crippen LogP contribution in [0.5, 0.6) is 0 Å². The van der Waals surface area contributed by atoms with Gasteiger partial charge in [0.25, 0.3) is 0 Å². The summed E-state index contributed by atoms with van der Waals surface area (Å²) in [6.45, 7) is 11.8. The summed E-state index contributed by atoms with van der Waals surface area (Å²) in [5.41, 5.74) is 0.0745. The van der Waals surface area contributed by atoms with Crippen LogP contribution >= 0.6 is 0 Å². The zero-order valence-electron chi connectivity index (χ0n) is 14.8. The average Bonchev–Trinajstić information content (AvgIpc) is 2.36. The third kappa shape index (κ3) is 12.5. The van der Waals surface area contributed by atoms with E-state index in [0.29, 0.717) is 0 Å². The zero-order valence-corrected chi connectivity index (χ0v) is 14.8. The van der Waals surface area contributed by atoms with Crippen LogP contribution in [0.4, 0.5) is 0 Å². The largest absolute Gasteiger partial charge is 0.462 e. The first kappa shape index (κ1) is 20.1. The second-order valence-electron chi connectivity index (χ2n) is 7.14. The molecule has 2 nitrogen and oxygen atoms in total. The van der Waals surface area contributed by atoms with E-state index in [-0.39, 0.29) is 11.0 Å². The minimum absolute atomic E-state index is 0.0446. The minimum Gasteiger partial charge on any atom is -0.462 e. The molecule has 0 saturated heterocycles. The third-order valence-corrected chi connectivity index (χ3v) is 3.79. The maximum Gasteiger partial charge on any atom is 0.108 e. The highest BCUT2D eigenvalue weighted by Crippen LogP contribution is 2.22. The molecule has 0 heterocycles. The summed E-state index contributed by atoms with van der Waals surface area (Å²) in [5, 5.41) is 12.2. The molecular weight excluding hydrogens is 258 g/mol. The van der Waals surface area contributed by atoms with Crippen LogP contribution in [0.25, 0.3) is 0 Å². The number of rotatable bonds is 11. The second kappa shape index (κ2) is 10.7. The molecule has 2 N–H and O–H groups in total. The third-order valence-electron chi connectivity index (χ3n) is 3.79. The molecule has 0 aromatic carbocycles. The van der Waals surface area contributed by atoms with Gasteiger partial charge >= 0.3 is 0 Å². The van der Waals surface area contributed by atoms with Gasteiger partial charge in [0.15, 0.2) is 0 Å². The molecule has 0 bridgehead atoms. The molecule has 0 aliphatic heterocycles. The Bertz CT molecular complexity index is 344. The second-order valence-corrected chi connectivity index (χ2v) is 7.14. The van der Waals surface area contributed by atoms with Gasteiger partial charge in [-0.3, -0.25) is 0 Å². The summed E-state index contributed by atoms with van der Waals surface area (Å²) in [7, 11) is 0. The Kier molecular flexibility index (Phi) is 10.3. The Balaban J connectivity index is 3.47. The number of allylic oxidation sites excluding steroid dienone is 1. The van der Waals surface area contributed by atoms with Crippen LogP contribution in [0.1, 0.15) is 79.6 Å². The van der Waals surface area contributed by atoms with Gasteiger partial charge in [-0.05, 0) is 54.0 Å². The minimum atomic E-state index is -0.0446. The number of nitrogens with one attached hydrogen (secondary N) is 1. The van der Waals surface area contributed by atoms with Crippen LogP contribution in [0.2, 0.25) is 0 Å². The fourth-order valence-electron chi connectivity index (χ4n) is 2.50. The number of hydrogen-bond donors (Lipinski definition) is 2. The van der Waals surface area contributed by atoms with Crippen molar-refractivity contribution in [3.8, 4) is 12.0 Å². The lowest BCUT2D eigenvalue weighted by Crippen LogP contribution is -2.37. The smallest absolute Gasteiger partial charge is 0.108 e. The maximum atomic E-state index is 8.64. The Hall–Kier alpha value is -0.940. The molecule has 0 unspecified atom stereocenters. The van der Waals surface area contributed by atoms with Gasteiger partial charge in [-0.1, -0.05) is 50.2 Å². The van der Waals surface area contributed by atoms with Gasteiger partial charge in [0.05, 0.1) is 0 Å². The molecule has 0 aliphatic rings. The van der Waals surface area contributed by atoms with Gasteiger partial charge in [-0.25, -0.2) is 0 Å². The summed E-state index contributed by atoms with van der Waals surface area (Å²) < 4.78 is 0. The van der Waals surface area contributed by atoms with Gasteiger partial charge in [0.1, 0.15) is 6.11 Å². The van der Waals surface area contributed by atoms with Gasteiger partial charge in [0.2, 0.25) is 0 Å². The van der Waals surface area contributed by atoms with Crippen LogP contribution in [0, 0.1) is 17.4 Å². The maximum absolute atomic E-state index is 8.64. The molecule has 0 atom stereocenters. The lowest BCUT2D eigenvalue weighted by atomic mass is 9.88. The average molecular weight is 293 g/mol. The molecular formula is C19H35NO. The van der Waals surface area contributed by atoms with Crippen LogP contribution in [-0.4, -0.2) is 17.2 Å². The highest BCUT2D eigenvalue weighted by molar-refractivity contribution is 5.03. The predicted octanol–water partition coefficient (Wildman–Crippen LogP) is 5.02. The van der Waals surface area contributed by atoms with E-state index >= 15 is 0 Å². The van der Waals surface area contributed by atoms with E-state index in [4.69, 9.17) is 5.11 Å². The molecule has 0 aliphatic carbocycles. The van der Waals surface area contributed by atoms with Crippen molar-refractivity contribution in [1.29, 1.82) is 0 Å². The summed E-state index contributed by atoms with van der Waals surface area (Å²) in [6.07, 6.45) is 15.1. The fraction of sp³-hybridized carbons (Fsp3) is 0.789. The highest BCUT2D eigenvalue weighted by atomic mass is 16.2. The van der Waals surface area contributed by atoms with Crippen molar-refractivity contribution in [2.24, 2.45) is 5.41 Å². The van der Waals surface area contributed by atoms with E-state index in [0.717, 1.165) is 13.0 Å². The topological polar surface area (TPSA) is 32.3 Å². The summed E-state index contributed by atoms with van der Waals surface area (Å²) in [4.78, 5) is 0. The van der Waals surface area contributed by atoms with Crippen molar-refractivity contribution < 1.29 is 5.11 Å². The van der Waals surface area contributed by atoms with Gasteiger partial charge in [0, 0.05) is 11.0 Å². The molecule has 2 heteroatoms. The van der Waals surface area contributed by atoms with E-state index in [2.05, 4.69) is 58.0 Å². The Morgan fingerprint density at radius 2 is 1.52 bits per heavy atom. The SMILES string of the molecule is CC=CC(C)(C)NCCCCCCCCC(C)(C)C#CO. The number of aliphatic hydroxyl groups excluding tert-OH is 1. The van der Waals surface area contributed by atoms with E-state index < -0.39 is 0 Å². The monoisotopic (exact) mass is 293 g/mol. The molecule has 21 heavy (non-hydrogen) atoms. The molecule has 0 fully saturated rings. The molecule has 122 valence electrons. The van der Waals surface area contributed by atoms with Crippen LogP contribution < -0.4 is 5.32 Å². The molecule has 0 aromatic heterocycles. The first-order chi connectivity index (χ1) is 9.83. The van der Waals surface area contributed by atoms with E-state index in [1.165, 1.54) is 38.5 Å². The fourth-order valence-corrected chi connectivity index (χ4v) is 2.50. The Morgan fingerprint density at radius 1 is 0.952 bits per heavy atom.